The number of nitrogens with zero attached hydrogens (tertiary/aromatic N) is 2. The molecular formula is C44H50I4MnN3O17-. The van der Waals surface area contributed by atoms with Gasteiger partial charge in [-0.15, -0.1) is 0 Å². The van der Waals surface area contributed by atoms with Gasteiger partial charge in [-0.05, 0) is 187 Å². The van der Waals surface area contributed by atoms with Crippen molar-refractivity contribution in [3.8, 4) is 34.5 Å². The summed E-state index contributed by atoms with van der Waals surface area (Å²) in [6, 6.07) is 15.6. The first-order valence-corrected chi connectivity index (χ1v) is 24.2. The number of likely N-dealkylation sites (N-methyl/N-ethyl adjacent to an activating group) is 1. The van der Waals surface area contributed by atoms with Crippen molar-refractivity contribution < 1.29 is 107 Å². The van der Waals surface area contributed by atoms with Crippen molar-refractivity contribution in [2.24, 2.45) is 0 Å². The van der Waals surface area contributed by atoms with Gasteiger partial charge in [0.05, 0.1) is 63.9 Å². The van der Waals surface area contributed by atoms with Gasteiger partial charge < -0.3 is 90.1 Å². The minimum atomic E-state index is -1.62. The molecule has 25 heteroatoms. The van der Waals surface area contributed by atoms with Crippen LogP contribution in [-0.4, -0.2) is 152 Å². The van der Waals surface area contributed by atoms with Gasteiger partial charge >= 0.3 is 17.1 Å². The fourth-order valence-corrected chi connectivity index (χ4v) is 10.5. The summed E-state index contributed by atoms with van der Waals surface area (Å²) in [6.45, 7) is -3.02. The number of aliphatic hydroxyl groups is 5. The van der Waals surface area contributed by atoms with Crippen molar-refractivity contribution in [3.05, 3.63) is 98.2 Å². The number of rotatable bonds is 25. The molecule has 4 rings (SSSR count). The molecule has 0 aliphatic heterocycles. The van der Waals surface area contributed by atoms with E-state index in [4.69, 9.17) is 24.8 Å². The average Bonchev–Trinajstić information content (AvgIpc) is 3.25. The van der Waals surface area contributed by atoms with E-state index in [-0.39, 0.29) is 55.4 Å². The third kappa shape index (κ3) is 21.0. The Morgan fingerprint density at radius 2 is 0.928 bits per heavy atom. The number of phenols is 2. The molecule has 0 aliphatic rings. The van der Waals surface area contributed by atoms with E-state index < -0.39 is 93.2 Å². The Bertz CT molecular complexity index is 2100. The summed E-state index contributed by atoms with van der Waals surface area (Å²) in [5, 5.41) is 114. The molecule has 0 aliphatic carbocycles. The molecule has 379 valence electrons. The first-order valence-electron chi connectivity index (χ1n) is 19.8. The quantitative estimate of drug-likeness (QED) is 0.0251. The Kier molecular flexibility index (Phi) is 29.3. The largest absolute Gasteiger partial charge is 2.00 e. The molecule has 0 saturated heterocycles. The number of halogens is 4. The van der Waals surface area contributed by atoms with Gasteiger partial charge in [-0.1, -0.05) is 7.43 Å². The second-order valence-electron chi connectivity index (χ2n) is 14.7. The molecule has 9 N–H and O–H groups in total. The fourth-order valence-electron chi connectivity index (χ4n) is 6.31. The molecule has 4 aromatic carbocycles. The Balaban J connectivity index is 0.00000138. The summed E-state index contributed by atoms with van der Waals surface area (Å²) in [6.07, 6.45) is -6.00. The Hall–Kier alpha value is -2.92. The number of benzene rings is 4. The Morgan fingerprint density at radius 1 is 0.609 bits per heavy atom. The van der Waals surface area contributed by atoms with Crippen LogP contribution in [0.1, 0.15) is 18.6 Å². The number of carboxylic acid groups (broad SMARTS) is 4. The van der Waals surface area contributed by atoms with Gasteiger partial charge in [0.25, 0.3) is 0 Å². The number of hydrogen-bond donors (Lipinski definition) is 8. The number of hydrogen-bond acceptors (Lipinski definition) is 19. The van der Waals surface area contributed by atoms with Crippen LogP contribution in [0.5, 0.6) is 34.5 Å². The molecule has 0 heterocycles. The Morgan fingerprint density at radius 3 is 1.20 bits per heavy atom. The first-order chi connectivity index (χ1) is 31.5. The number of phenolic OH excluding ortho intramolecular Hbond substituents is 2. The van der Waals surface area contributed by atoms with Gasteiger partial charge in [0, 0.05) is 26.2 Å². The molecule has 0 aromatic heterocycles. The van der Waals surface area contributed by atoms with Crippen LogP contribution in [0, 0.1) is 14.3 Å². The van der Waals surface area contributed by atoms with E-state index in [1.165, 1.54) is 24.3 Å². The number of quaternary nitrogens is 1. The summed E-state index contributed by atoms with van der Waals surface area (Å²) in [4.78, 5) is 50.7. The van der Waals surface area contributed by atoms with E-state index >= 15 is 0 Å². The molecule has 4 aromatic rings. The molecule has 20 nitrogen and oxygen atoms in total. The van der Waals surface area contributed by atoms with Crippen molar-refractivity contribution in [1.82, 2.24) is 9.80 Å². The van der Waals surface area contributed by atoms with Crippen LogP contribution in [0.4, 0.5) is 0 Å². The summed E-state index contributed by atoms with van der Waals surface area (Å²) < 4.78 is 14.3. The van der Waals surface area contributed by atoms with Gasteiger partial charge in [-0.25, -0.2) is 0 Å². The van der Waals surface area contributed by atoms with Crippen LogP contribution in [0.15, 0.2) is 72.8 Å². The van der Waals surface area contributed by atoms with E-state index in [1.807, 2.05) is 90.4 Å². The molecule has 2 unspecified atom stereocenters. The van der Waals surface area contributed by atoms with Crippen LogP contribution in [0.3, 0.4) is 0 Å². The van der Waals surface area contributed by atoms with E-state index in [0.717, 1.165) is 9.80 Å². The van der Waals surface area contributed by atoms with Crippen molar-refractivity contribution >= 4 is 114 Å². The second-order valence-corrected chi connectivity index (χ2v) is 19.3. The van der Waals surface area contributed by atoms with Crippen LogP contribution in [-0.2, 0) is 49.1 Å². The van der Waals surface area contributed by atoms with Crippen LogP contribution < -0.4 is 35.2 Å². The fraction of sp³-hybridized carbons (Fsp3) is 0.364. The average molecular weight is 1460 g/mol. The van der Waals surface area contributed by atoms with Crippen LogP contribution in [0.2, 0.25) is 0 Å². The maximum atomic E-state index is 12.5. The van der Waals surface area contributed by atoms with E-state index in [9.17, 15) is 60.0 Å². The molecule has 0 bridgehead atoms. The number of aliphatic carboxylic acids is 4. The minimum absolute atomic E-state index is 0. The van der Waals surface area contributed by atoms with E-state index in [2.05, 4.69) is 0 Å². The van der Waals surface area contributed by atoms with Gasteiger partial charge in [0.15, 0.2) is 11.5 Å². The van der Waals surface area contributed by atoms with Crippen LogP contribution >= 0.6 is 90.4 Å². The molecule has 1 radical (unpaired) electrons. The van der Waals surface area contributed by atoms with Crippen molar-refractivity contribution in [2.75, 3.05) is 46.4 Å². The van der Waals surface area contributed by atoms with Crippen molar-refractivity contribution in [1.29, 1.82) is 0 Å². The normalized spacial score (nSPS) is 13.6. The number of aromatic hydroxyl groups is 2. The smallest absolute Gasteiger partial charge is 0.549 e. The molecule has 6 atom stereocenters. The standard InChI is InChI=1S/C36H32I4N2O12.C7H17NO5.CH4.Mn/c37-25-11-19(12-26(38)33(25)53-23-5-1-21(43)2-6-23)15-29(35(49)50)41(17-31(45)46)9-10-42(18-32(47)48)30(36(51)52)16-20-13-27(39)34(28(40)14-20)54-24-7-3-22(44)4-8-24;1-8-2-4(10)6(12)7(13)5(11)3-9;;/h1-8,11-14,29-30,43-44H,9-10,15-18H2,(H,45,46)(H,47,48)(H,49,50)(H,51,52);4-13H,2-3H2,1H3;1H4;/q;;;+2/p-3/t;4-,5+,6+,7+;;/m.0../s1. The molecule has 0 fully saturated rings. The number of carbonyl (C=O) groups is 4. The van der Waals surface area contributed by atoms with E-state index in [0.29, 0.717) is 48.4 Å². The topological polar surface area (TPSA) is 344 Å². The monoisotopic (exact) mass is 1450 g/mol. The SMILES string of the molecule is C.C[NH2+]C[C@H](O)[C@@H](O)[C@H](O)[C@H](O)CO.O=C([O-])CN(CCN(CC(=O)[O-])C(Cc1cc(I)c(Oc2ccc(O)cc2)c(I)c1)C(=O)[O-])C(Cc1cc(I)c(Oc2ccc(O)cc2)c(I)c1)C(=O)[O-].[Mn+2]. The van der Waals surface area contributed by atoms with Gasteiger partial charge in [0.2, 0.25) is 0 Å². The van der Waals surface area contributed by atoms with Gasteiger partial charge in [0.1, 0.15) is 54.0 Å². The summed E-state index contributed by atoms with van der Waals surface area (Å²) in [5.41, 5.74) is 0.973. The van der Waals surface area contributed by atoms with E-state index in [1.54, 1.807) is 60.9 Å². The number of carboxylic acids is 4. The molecule has 0 amide bonds. The molecule has 0 saturated carbocycles. The zero-order valence-electron chi connectivity index (χ0n) is 35.6. The summed E-state index contributed by atoms with van der Waals surface area (Å²) >= 11 is 8.04. The predicted molar refractivity (Wildman–Crippen MR) is 269 cm³/mol. The number of carbonyl (C=O) groups excluding carboxylic acids is 4. The third-order valence-electron chi connectivity index (χ3n) is 9.65. The van der Waals surface area contributed by atoms with Gasteiger partial charge in [-0.3, -0.25) is 9.80 Å². The minimum Gasteiger partial charge on any atom is -0.549 e. The van der Waals surface area contributed by atoms with Crippen molar-refractivity contribution in [3.63, 3.8) is 0 Å². The first kappa shape index (κ1) is 64.1. The molecule has 69 heavy (non-hydrogen) atoms. The second kappa shape index (κ2) is 31.5. The number of nitrogens with two attached hydrogens (primary N) is 1. The zero-order chi connectivity index (χ0) is 50.1. The van der Waals surface area contributed by atoms with Crippen molar-refractivity contribution in [2.45, 2.75) is 56.8 Å². The summed E-state index contributed by atoms with van der Waals surface area (Å²) in [5.74, 6) is -4.53. The maximum absolute atomic E-state index is 12.5. The third-order valence-corrected chi connectivity index (χ3v) is 12.9. The summed E-state index contributed by atoms with van der Waals surface area (Å²) in [7, 11) is 1.70. The zero-order valence-corrected chi connectivity index (χ0v) is 45.4. The number of aliphatic hydroxyl groups excluding tert-OH is 5. The predicted octanol–water partition coefficient (Wildman–Crippen LogP) is -2.52. The van der Waals surface area contributed by atoms with Gasteiger partial charge in [-0.2, -0.15) is 0 Å². The van der Waals surface area contributed by atoms with Crippen LogP contribution in [0.25, 0.3) is 0 Å². The number of ether oxygens (including phenoxy) is 2. The molecular weight excluding hydrogens is 1410 g/mol. The maximum Gasteiger partial charge on any atom is 2.00 e. The Labute approximate surface area is 462 Å². The molecule has 0 spiro atoms.